The Morgan fingerprint density at radius 1 is 0.800 bits per heavy atom. The Kier molecular flexibility index (Phi) is 14.1. The molecule has 1 aliphatic heterocycles. The second-order valence-corrected chi connectivity index (χ2v) is 12.5. The van der Waals surface area contributed by atoms with Gasteiger partial charge in [-0.15, -0.1) is 5.06 Å². The molecule has 0 aromatic heterocycles. The summed E-state index contributed by atoms with van der Waals surface area (Å²) in [7, 11) is -1.83. The molecule has 2 amide bonds. The van der Waals surface area contributed by atoms with E-state index in [9.17, 15) is 22.8 Å². The van der Waals surface area contributed by atoms with Gasteiger partial charge >= 0.3 is 5.97 Å². The predicted octanol–water partition coefficient (Wildman–Crippen LogP) is 4.75. The Morgan fingerprint density at radius 3 is 1.63 bits per heavy atom. The van der Waals surface area contributed by atoms with Crippen LogP contribution < -0.4 is 0 Å². The monoisotopic (exact) mass is 463 g/mol. The molecule has 7 nitrogen and oxygen atoms in total. The highest BCUT2D eigenvalue weighted by molar-refractivity contribution is 8.71. The molecule has 0 saturated carbocycles. The number of hydrogen-bond acceptors (Lipinski definition) is 7. The standard InChI is InChI=1S/C21H37NO6S2/c1-30(26,27)29-18-14-12-10-8-6-4-2-3-5-7-9-11-13-15-21(25)28-22-19(23)16-17-20(22)24/h2-18H2,1H3. The van der Waals surface area contributed by atoms with Crippen molar-refractivity contribution >= 4 is 37.4 Å². The maximum absolute atomic E-state index is 11.7. The molecular formula is C21H37NO6S2. The zero-order chi connectivity index (χ0) is 22.2. The lowest BCUT2D eigenvalue weighted by atomic mass is 10.0. The Labute approximate surface area is 184 Å². The average Bonchev–Trinajstić information content (AvgIpc) is 2.98. The van der Waals surface area contributed by atoms with Crippen LogP contribution in [0.15, 0.2) is 0 Å². The van der Waals surface area contributed by atoms with E-state index in [4.69, 9.17) is 4.84 Å². The van der Waals surface area contributed by atoms with E-state index in [1.54, 1.807) is 0 Å². The quantitative estimate of drug-likeness (QED) is 0.164. The van der Waals surface area contributed by atoms with Crippen molar-refractivity contribution in [3.8, 4) is 0 Å². The van der Waals surface area contributed by atoms with E-state index in [0.29, 0.717) is 10.8 Å². The zero-order valence-electron chi connectivity index (χ0n) is 18.2. The molecule has 0 bridgehead atoms. The first-order chi connectivity index (χ1) is 14.3. The van der Waals surface area contributed by atoms with Crippen molar-refractivity contribution in [3.63, 3.8) is 0 Å². The number of hydrogen-bond donors (Lipinski definition) is 0. The van der Waals surface area contributed by atoms with Crippen LogP contribution in [-0.4, -0.2) is 43.3 Å². The Bertz CT molecular complexity index is 619. The lowest BCUT2D eigenvalue weighted by molar-refractivity contribution is -0.197. The molecule has 0 radical (unpaired) electrons. The van der Waals surface area contributed by atoms with E-state index in [2.05, 4.69) is 0 Å². The van der Waals surface area contributed by atoms with Gasteiger partial charge in [-0.1, -0.05) is 70.6 Å². The fourth-order valence-electron chi connectivity index (χ4n) is 3.33. The zero-order valence-corrected chi connectivity index (χ0v) is 19.9. The van der Waals surface area contributed by atoms with E-state index in [1.165, 1.54) is 51.2 Å². The SMILES string of the molecule is CS(=O)(=O)SCCCCCCCCCCCCCCCC(=O)ON1C(=O)CCC1=O. The number of carbonyl (C=O) groups excluding carboxylic acids is 3. The largest absolute Gasteiger partial charge is 0.333 e. The highest BCUT2D eigenvalue weighted by Gasteiger charge is 2.32. The van der Waals surface area contributed by atoms with E-state index < -0.39 is 26.7 Å². The highest BCUT2D eigenvalue weighted by atomic mass is 33.1. The first-order valence-electron chi connectivity index (χ1n) is 11.2. The van der Waals surface area contributed by atoms with Gasteiger partial charge in [0.25, 0.3) is 11.8 Å². The van der Waals surface area contributed by atoms with Gasteiger partial charge in [-0.25, -0.2) is 13.2 Å². The van der Waals surface area contributed by atoms with Crippen LogP contribution in [0.5, 0.6) is 0 Å². The van der Waals surface area contributed by atoms with Crippen molar-refractivity contribution in [3.05, 3.63) is 0 Å². The number of rotatable bonds is 18. The third-order valence-electron chi connectivity index (χ3n) is 5.02. The molecule has 1 saturated heterocycles. The molecule has 30 heavy (non-hydrogen) atoms. The van der Waals surface area contributed by atoms with Crippen LogP contribution in [0.3, 0.4) is 0 Å². The highest BCUT2D eigenvalue weighted by Crippen LogP contribution is 2.16. The van der Waals surface area contributed by atoms with E-state index in [1.807, 2.05) is 0 Å². The van der Waals surface area contributed by atoms with Gasteiger partial charge in [0.05, 0.1) is 0 Å². The summed E-state index contributed by atoms with van der Waals surface area (Å²) in [6.45, 7) is 0. The lowest BCUT2D eigenvalue weighted by Gasteiger charge is -2.12. The van der Waals surface area contributed by atoms with Gasteiger partial charge < -0.3 is 4.84 Å². The Hall–Kier alpha value is -1.09. The minimum absolute atomic E-state index is 0.124. The molecule has 1 heterocycles. The Balaban J connectivity index is 1.80. The predicted molar refractivity (Wildman–Crippen MR) is 119 cm³/mol. The minimum atomic E-state index is -2.88. The van der Waals surface area contributed by atoms with Crippen LogP contribution in [0.25, 0.3) is 0 Å². The van der Waals surface area contributed by atoms with Crippen molar-refractivity contribution in [1.29, 1.82) is 0 Å². The normalized spacial score (nSPS) is 14.5. The smallest absolute Gasteiger partial charge is 0.330 e. The molecule has 1 aliphatic rings. The molecule has 174 valence electrons. The van der Waals surface area contributed by atoms with E-state index in [-0.39, 0.29) is 19.3 Å². The Morgan fingerprint density at radius 2 is 1.20 bits per heavy atom. The van der Waals surface area contributed by atoms with Crippen molar-refractivity contribution in [1.82, 2.24) is 5.06 Å². The number of carbonyl (C=O) groups is 3. The van der Waals surface area contributed by atoms with Gasteiger partial charge in [-0.2, -0.15) is 0 Å². The molecule has 9 heteroatoms. The third-order valence-corrected chi connectivity index (χ3v) is 7.69. The lowest BCUT2D eigenvalue weighted by Crippen LogP contribution is -2.31. The van der Waals surface area contributed by atoms with Gasteiger partial charge in [0.1, 0.15) is 0 Å². The molecular weight excluding hydrogens is 426 g/mol. The minimum Gasteiger partial charge on any atom is -0.330 e. The molecule has 0 unspecified atom stereocenters. The topological polar surface area (TPSA) is 97.8 Å². The van der Waals surface area contributed by atoms with Crippen molar-refractivity contribution in [2.24, 2.45) is 0 Å². The maximum Gasteiger partial charge on any atom is 0.333 e. The number of unbranched alkanes of at least 4 members (excludes halogenated alkanes) is 12. The van der Waals surface area contributed by atoms with Gasteiger partial charge in [0.2, 0.25) is 0 Å². The van der Waals surface area contributed by atoms with Crippen LogP contribution in [0.2, 0.25) is 0 Å². The van der Waals surface area contributed by atoms with Gasteiger partial charge in [0, 0.05) is 31.3 Å². The maximum atomic E-state index is 11.7. The number of nitrogens with zero attached hydrogens (tertiary/aromatic N) is 1. The van der Waals surface area contributed by atoms with Crippen LogP contribution in [0, 0.1) is 0 Å². The first-order valence-corrected chi connectivity index (χ1v) is 14.6. The summed E-state index contributed by atoms with van der Waals surface area (Å²) in [4.78, 5) is 39.3. The first kappa shape index (κ1) is 26.9. The van der Waals surface area contributed by atoms with Crippen molar-refractivity contribution < 1.29 is 27.6 Å². The molecule has 0 N–H and O–H groups in total. The van der Waals surface area contributed by atoms with Crippen LogP contribution in [0.4, 0.5) is 0 Å². The van der Waals surface area contributed by atoms with Gasteiger partial charge in [-0.05, 0) is 23.6 Å². The van der Waals surface area contributed by atoms with E-state index >= 15 is 0 Å². The van der Waals surface area contributed by atoms with Crippen LogP contribution in [0.1, 0.15) is 103 Å². The second kappa shape index (κ2) is 15.7. The van der Waals surface area contributed by atoms with Crippen LogP contribution in [-0.2, 0) is 28.1 Å². The molecule has 1 fully saturated rings. The summed E-state index contributed by atoms with van der Waals surface area (Å²) in [5, 5.41) is 0.612. The molecule has 1 rings (SSSR count). The summed E-state index contributed by atoms with van der Waals surface area (Å²) in [6.07, 6.45) is 16.4. The summed E-state index contributed by atoms with van der Waals surface area (Å²) >= 11 is 0. The molecule has 0 spiro atoms. The summed E-state index contributed by atoms with van der Waals surface area (Å²) in [6, 6.07) is 0. The molecule has 0 aromatic rings. The summed E-state index contributed by atoms with van der Waals surface area (Å²) in [5.74, 6) is -0.667. The summed E-state index contributed by atoms with van der Waals surface area (Å²) in [5.41, 5.74) is 0. The molecule has 0 aliphatic carbocycles. The number of imide groups is 1. The molecule has 0 atom stereocenters. The average molecular weight is 464 g/mol. The fourth-order valence-corrected chi connectivity index (χ4v) is 5.22. The number of amides is 2. The second-order valence-electron chi connectivity index (χ2n) is 7.92. The number of hydroxylamine groups is 2. The van der Waals surface area contributed by atoms with Crippen molar-refractivity contribution in [2.45, 2.75) is 103 Å². The van der Waals surface area contributed by atoms with Gasteiger partial charge in [-0.3, -0.25) is 9.59 Å². The van der Waals surface area contributed by atoms with Crippen LogP contribution >= 0.6 is 10.8 Å². The summed E-state index contributed by atoms with van der Waals surface area (Å²) < 4.78 is 22.0. The fraction of sp³-hybridized carbons (Fsp3) is 0.857. The van der Waals surface area contributed by atoms with Gasteiger partial charge in [0.15, 0.2) is 8.87 Å². The third kappa shape index (κ3) is 14.0. The van der Waals surface area contributed by atoms with Crippen molar-refractivity contribution in [2.75, 3.05) is 12.0 Å². The molecule has 0 aromatic carbocycles. The van der Waals surface area contributed by atoms with E-state index in [0.717, 1.165) is 49.3 Å².